The van der Waals surface area contributed by atoms with E-state index in [1.165, 1.54) is 18.2 Å². The van der Waals surface area contributed by atoms with Crippen molar-refractivity contribution in [3.05, 3.63) is 71.6 Å². The maximum absolute atomic E-state index is 13.7. The van der Waals surface area contributed by atoms with Crippen LogP contribution in [0.5, 0.6) is 5.75 Å². The summed E-state index contributed by atoms with van der Waals surface area (Å²) in [6, 6.07) is 12.1. The minimum atomic E-state index is -0.402. The third-order valence-corrected chi connectivity index (χ3v) is 3.17. The highest BCUT2D eigenvalue weighted by Crippen LogP contribution is 2.25. The van der Waals surface area contributed by atoms with Gasteiger partial charge in [-0.3, -0.25) is 0 Å². The molecule has 0 aliphatic rings. The lowest BCUT2D eigenvalue weighted by Crippen LogP contribution is -1.98. The van der Waals surface area contributed by atoms with Crippen molar-refractivity contribution < 1.29 is 17.9 Å². The minimum absolute atomic E-state index is 0.118. The molecule has 0 spiro atoms. The maximum atomic E-state index is 13.7. The molecule has 3 nitrogen and oxygen atoms in total. The van der Waals surface area contributed by atoms with E-state index in [4.69, 9.17) is 9.15 Å². The first kappa shape index (κ1) is 14.3. The van der Waals surface area contributed by atoms with E-state index in [9.17, 15) is 8.78 Å². The number of benzene rings is 2. The van der Waals surface area contributed by atoms with Gasteiger partial charge < -0.3 is 9.15 Å². The monoisotopic (exact) mass is 301 g/mol. The molecule has 0 aliphatic carbocycles. The van der Waals surface area contributed by atoms with Crippen molar-refractivity contribution in [2.24, 2.45) is 0 Å². The van der Waals surface area contributed by atoms with Crippen LogP contribution in [0, 0.1) is 18.6 Å². The molecule has 0 saturated carbocycles. The second kappa shape index (κ2) is 5.97. The van der Waals surface area contributed by atoms with Gasteiger partial charge in [0.05, 0.1) is 5.56 Å². The van der Waals surface area contributed by atoms with Crippen LogP contribution in [-0.4, -0.2) is 4.98 Å². The third kappa shape index (κ3) is 2.98. The van der Waals surface area contributed by atoms with Crippen LogP contribution < -0.4 is 4.74 Å². The molecule has 0 N–H and O–H groups in total. The van der Waals surface area contributed by atoms with E-state index >= 15 is 0 Å². The Hall–Kier alpha value is -2.69. The van der Waals surface area contributed by atoms with Crippen molar-refractivity contribution in [1.82, 2.24) is 4.98 Å². The van der Waals surface area contributed by atoms with E-state index in [0.717, 1.165) is 0 Å². The zero-order chi connectivity index (χ0) is 15.5. The number of ether oxygens (including phenoxy) is 1. The predicted molar refractivity (Wildman–Crippen MR) is 77.4 cm³/mol. The smallest absolute Gasteiger partial charge is 0.229 e. The lowest BCUT2D eigenvalue weighted by atomic mass is 10.2. The lowest BCUT2D eigenvalue weighted by molar-refractivity contribution is 0.298. The predicted octanol–water partition coefficient (Wildman–Crippen LogP) is 4.51. The molecule has 5 heteroatoms. The first-order valence-corrected chi connectivity index (χ1v) is 6.73. The van der Waals surface area contributed by atoms with Gasteiger partial charge in [0.25, 0.3) is 0 Å². The Morgan fingerprint density at radius 3 is 2.68 bits per heavy atom. The van der Waals surface area contributed by atoms with Gasteiger partial charge in [0.2, 0.25) is 5.89 Å². The number of rotatable bonds is 4. The Labute approximate surface area is 126 Å². The van der Waals surface area contributed by atoms with Gasteiger partial charge in [0, 0.05) is 6.07 Å². The largest absolute Gasteiger partial charge is 0.487 e. The normalized spacial score (nSPS) is 10.7. The SMILES string of the molecule is Cc1oc(-c2ccccc2F)nc1COc1cccc(F)c1. The third-order valence-electron chi connectivity index (χ3n) is 3.17. The fourth-order valence-corrected chi connectivity index (χ4v) is 2.02. The Morgan fingerprint density at radius 2 is 1.91 bits per heavy atom. The molecule has 0 saturated heterocycles. The van der Waals surface area contributed by atoms with Crippen molar-refractivity contribution in [2.75, 3.05) is 0 Å². The second-order valence-electron chi connectivity index (χ2n) is 4.75. The molecule has 0 bridgehead atoms. The van der Waals surface area contributed by atoms with E-state index in [1.807, 2.05) is 0 Å². The number of nitrogens with zero attached hydrogens (tertiary/aromatic N) is 1. The van der Waals surface area contributed by atoms with Crippen molar-refractivity contribution in [3.8, 4) is 17.2 Å². The van der Waals surface area contributed by atoms with E-state index < -0.39 is 5.82 Å². The summed E-state index contributed by atoms with van der Waals surface area (Å²) in [5.41, 5.74) is 0.838. The minimum Gasteiger partial charge on any atom is -0.487 e. The van der Waals surface area contributed by atoms with Crippen LogP contribution in [0.2, 0.25) is 0 Å². The summed E-state index contributed by atoms with van der Waals surface area (Å²) in [7, 11) is 0. The van der Waals surface area contributed by atoms with Gasteiger partial charge in [-0.15, -0.1) is 0 Å². The summed E-state index contributed by atoms with van der Waals surface area (Å²) in [5.74, 6) is 0.362. The molecule has 0 aliphatic heterocycles. The van der Waals surface area contributed by atoms with Crippen molar-refractivity contribution in [3.63, 3.8) is 0 Å². The topological polar surface area (TPSA) is 35.3 Å². The van der Waals surface area contributed by atoms with Crippen LogP contribution in [0.3, 0.4) is 0 Å². The molecule has 3 rings (SSSR count). The number of aromatic nitrogens is 1. The number of oxazole rings is 1. The zero-order valence-corrected chi connectivity index (χ0v) is 11.8. The van der Waals surface area contributed by atoms with E-state index in [1.54, 1.807) is 37.3 Å². The maximum Gasteiger partial charge on any atom is 0.229 e. The van der Waals surface area contributed by atoms with E-state index in [-0.39, 0.29) is 18.3 Å². The molecule has 3 aromatic rings. The van der Waals surface area contributed by atoms with Gasteiger partial charge in [-0.1, -0.05) is 18.2 Å². The molecule has 0 atom stereocenters. The van der Waals surface area contributed by atoms with Crippen LogP contribution in [0.4, 0.5) is 8.78 Å². The molecule has 0 amide bonds. The molecule has 0 unspecified atom stereocenters. The van der Waals surface area contributed by atoms with Crippen LogP contribution in [0.15, 0.2) is 52.9 Å². The number of hydrogen-bond acceptors (Lipinski definition) is 3. The quantitative estimate of drug-likeness (QED) is 0.711. The van der Waals surface area contributed by atoms with Gasteiger partial charge in [-0.25, -0.2) is 13.8 Å². The average molecular weight is 301 g/mol. The molecular formula is C17H13F2NO2. The summed E-state index contributed by atoms with van der Waals surface area (Å²) in [6.07, 6.45) is 0. The zero-order valence-electron chi connectivity index (χ0n) is 11.8. The highest BCUT2D eigenvalue weighted by Gasteiger charge is 2.14. The van der Waals surface area contributed by atoms with Crippen LogP contribution in [0.1, 0.15) is 11.5 Å². The van der Waals surface area contributed by atoms with Crippen LogP contribution in [0.25, 0.3) is 11.5 Å². The van der Waals surface area contributed by atoms with Crippen LogP contribution in [-0.2, 0) is 6.61 Å². The molecule has 0 radical (unpaired) electrons. The summed E-state index contributed by atoms with van der Waals surface area (Å²) in [6.45, 7) is 1.84. The number of hydrogen-bond donors (Lipinski definition) is 0. The molecule has 112 valence electrons. The van der Waals surface area contributed by atoms with Gasteiger partial charge >= 0.3 is 0 Å². The molecule has 2 aromatic carbocycles. The van der Waals surface area contributed by atoms with Crippen molar-refractivity contribution in [1.29, 1.82) is 0 Å². The summed E-state index contributed by atoms with van der Waals surface area (Å²) in [5, 5.41) is 0. The summed E-state index contributed by atoms with van der Waals surface area (Å²) >= 11 is 0. The average Bonchev–Trinajstić information content (AvgIpc) is 2.87. The lowest BCUT2D eigenvalue weighted by Gasteiger charge is -2.03. The molecular weight excluding hydrogens is 288 g/mol. The summed E-state index contributed by atoms with van der Waals surface area (Å²) < 4.78 is 37.8. The van der Waals surface area contributed by atoms with Crippen molar-refractivity contribution >= 4 is 0 Å². The highest BCUT2D eigenvalue weighted by atomic mass is 19.1. The number of halogens is 2. The fourth-order valence-electron chi connectivity index (χ4n) is 2.02. The molecule has 0 fully saturated rings. The van der Waals surface area contributed by atoms with E-state index in [2.05, 4.69) is 4.98 Å². The first-order valence-electron chi connectivity index (χ1n) is 6.73. The Bertz CT molecular complexity index is 799. The van der Waals surface area contributed by atoms with Gasteiger partial charge in [0.15, 0.2) is 0 Å². The van der Waals surface area contributed by atoms with Gasteiger partial charge in [-0.2, -0.15) is 0 Å². The van der Waals surface area contributed by atoms with E-state index in [0.29, 0.717) is 22.8 Å². The first-order chi connectivity index (χ1) is 10.6. The fraction of sp³-hybridized carbons (Fsp3) is 0.118. The molecule has 22 heavy (non-hydrogen) atoms. The van der Waals surface area contributed by atoms with Gasteiger partial charge in [0.1, 0.15) is 35.4 Å². The standard InChI is InChI=1S/C17H13F2NO2/c1-11-16(10-21-13-6-4-5-12(18)9-13)20-17(22-11)14-7-2-3-8-15(14)19/h2-9H,10H2,1H3. The Kier molecular flexibility index (Phi) is 3.87. The summed E-state index contributed by atoms with van der Waals surface area (Å²) in [4.78, 5) is 4.25. The van der Waals surface area contributed by atoms with Crippen LogP contribution >= 0.6 is 0 Å². The molecule has 1 heterocycles. The van der Waals surface area contributed by atoms with Crippen molar-refractivity contribution in [2.45, 2.75) is 13.5 Å². The second-order valence-corrected chi connectivity index (χ2v) is 4.75. The Morgan fingerprint density at radius 1 is 1.09 bits per heavy atom. The highest BCUT2D eigenvalue weighted by molar-refractivity contribution is 5.54. The Balaban J connectivity index is 1.80. The molecule has 1 aromatic heterocycles. The number of aryl methyl sites for hydroxylation is 1. The van der Waals surface area contributed by atoms with Gasteiger partial charge in [-0.05, 0) is 31.2 Å².